The normalized spacial score (nSPS) is 12.6. The molecule has 33 heavy (non-hydrogen) atoms. The van der Waals surface area contributed by atoms with Gasteiger partial charge in [-0.05, 0) is 38.5 Å². The highest BCUT2D eigenvalue weighted by Gasteiger charge is 2.35. The number of ether oxygens (including phenoxy) is 2. The van der Waals surface area contributed by atoms with Crippen molar-refractivity contribution in [2.75, 3.05) is 26.8 Å². The molecule has 4 N–H and O–H groups in total. The summed E-state index contributed by atoms with van der Waals surface area (Å²) < 4.78 is 9.64. The molecule has 2 unspecified atom stereocenters. The van der Waals surface area contributed by atoms with Gasteiger partial charge in [0, 0.05) is 6.54 Å². The molecule has 182 valence electrons. The van der Waals surface area contributed by atoms with E-state index >= 15 is 0 Å². The van der Waals surface area contributed by atoms with Crippen molar-refractivity contribution in [3.05, 3.63) is 42.5 Å². The van der Waals surface area contributed by atoms with Crippen LogP contribution in [0.15, 0.2) is 36.9 Å². The molecule has 0 spiro atoms. The number of benzene rings is 1. The van der Waals surface area contributed by atoms with E-state index in [1.54, 1.807) is 20.8 Å². The zero-order valence-electron chi connectivity index (χ0n) is 19.2. The van der Waals surface area contributed by atoms with E-state index in [0.29, 0.717) is 0 Å². The Morgan fingerprint density at radius 1 is 1.24 bits per heavy atom. The maximum absolute atomic E-state index is 13.3. The molecule has 2 atom stereocenters. The molecule has 0 aliphatic heterocycles. The van der Waals surface area contributed by atoms with E-state index in [4.69, 9.17) is 4.74 Å². The quantitative estimate of drug-likeness (QED) is 0.290. The van der Waals surface area contributed by atoms with Crippen molar-refractivity contribution < 1.29 is 38.9 Å². The summed E-state index contributed by atoms with van der Waals surface area (Å²) in [7, 11) is 1.16. The minimum Gasteiger partial charge on any atom is -0.508 e. The fraction of sp³-hybridized carbons (Fsp3) is 0.455. The number of amides is 3. The molecule has 3 amide bonds. The zero-order chi connectivity index (χ0) is 25.2. The van der Waals surface area contributed by atoms with Crippen molar-refractivity contribution in [1.82, 2.24) is 15.5 Å². The van der Waals surface area contributed by atoms with E-state index in [0.717, 1.165) is 12.0 Å². The second kappa shape index (κ2) is 12.4. The highest BCUT2D eigenvalue weighted by Crippen LogP contribution is 2.25. The Kier molecular flexibility index (Phi) is 10.3. The number of aliphatic hydroxyl groups excluding tert-OH is 1. The molecule has 0 aliphatic rings. The van der Waals surface area contributed by atoms with E-state index in [-0.39, 0.29) is 17.9 Å². The lowest BCUT2D eigenvalue weighted by atomic mass is 10.0. The Balaban J connectivity index is 3.31. The van der Waals surface area contributed by atoms with Crippen molar-refractivity contribution in [2.45, 2.75) is 38.5 Å². The van der Waals surface area contributed by atoms with Crippen LogP contribution in [-0.4, -0.2) is 77.4 Å². The van der Waals surface area contributed by atoms with Crippen molar-refractivity contribution in [3.8, 4) is 5.75 Å². The van der Waals surface area contributed by atoms with Crippen LogP contribution in [0.2, 0.25) is 0 Å². The Bertz CT molecular complexity index is 865. The Labute approximate surface area is 192 Å². The number of esters is 1. The number of alkyl carbamates (subject to hydrolysis) is 1. The fourth-order valence-corrected chi connectivity index (χ4v) is 2.79. The Hall–Kier alpha value is -3.60. The van der Waals surface area contributed by atoms with Crippen molar-refractivity contribution in [1.29, 1.82) is 0 Å². The van der Waals surface area contributed by atoms with E-state index in [2.05, 4.69) is 21.9 Å². The number of aliphatic hydroxyl groups is 1. The topological polar surface area (TPSA) is 154 Å². The molecular formula is C22H31N3O8. The van der Waals surface area contributed by atoms with Crippen LogP contribution in [0.4, 0.5) is 4.79 Å². The van der Waals surface area contributed by atoms with Gasteiger partial charge in [0.1, 0.15) is 30.0 Å². The average Bonchev–Trinajstić information content (AvgIpc) is 2.73. The van der Waals surface area contributed by atoms with Crippen LogP contribution in [-0.2, 0) is 23.9 Å². The predicted octanol–water partition coefficient (Wildman–Crippen LogP) is 0.623. The predicted molar refractivity (Wildman–Crippen MR) is 118 cm³/mol. The minimum absolute atomic E-state index is 0.155. The van der Waals surface area contributed by atoms with Gasteiger partial charge >= 0.3 is 12.1 Å². The maximum Gasteiger partial charge on any atom is 0.408 e. The molecule has 0 bridgehead atoms. The fourth-order valence-electron chi connectivity index (χ4n) is 2.79. The van der Waals surface area contributed by atoms with Gasteiger partial charge < -0.3 is 35.2 Å². The van der Waals surface area contributed by atoms with Gasteiger partial charge in [-0.3, -0.25) is 14.4 Å². The molecule has 0 fully saturated rings. The summed E-state index contributed by atoms with van der Waals surface area (Å²) in [4.78, 5) is 51.0. The third kappa shape index (κ3) is 8.81. The number of nitrogens with zero attached hydrogens (tertiary/aromatic N) is 1. The van der Waals surface area contributed by atoms with Crippen LogP contribution < -0.4 is 10.6 Å². The largest absolute Gasteiger partial charge is 0.508 e. The monoisotopic (exact) mass is 465 g/mol. The van der Waals surface area contributed by atoms with Gasteiger partial charge in [0.15, 0.2) is 0 Å². The first-order valence-corrected chi connectivity index (χ1v) is 10.1. The third-order valence-electron chi connectivity index (χ3n) is 4.16. The Morgan fingerprint density at radius 2 is 1.91 bits per heavy atom. The average molecular weight is 466 g/mol. The zero-order valence-corrected chi connectivity index (χ0v) is 19.2. The molecule has 0 radical (unpaired) electrons. The van der Waals surface area contributed by atoms with Gasteiger partial charge in [0.2, 0.25) is 11.8 Å². The molecule has 0 aromatic heterocycles. The van der Waals surface area contributed by atoms with Gasteiger partial charge in [0.25, 0.3) is 0 Å². The molecule has 0 heterocycles. The number of hydrogen-bond donors (Lipinski definition) is 4. The minimum atomic E-state index is -1.44. The van der Waals surface area contributed by atoms with Gasteiger partial charge in [-0.15, -0.1) is 6.58 Å². The lowest BCUT2D eigenvalue weighted by molar-refractivity contribution is -0.144. The lowest BCUT2D eigenvalue weighted by Gasteiger charge is -2.33. The second-order valence-electron chi connectivity index (χ2n) is 7.95. The van der Waals surface area contributed by atoms with Gasteiger partial charge in [0.05, 0.1) is 13.7 Å². The molecule has 0 saturated heterocycles. The van der Waals surface area contributed by atoms with Gasteiger partial charge in [-0.2, -0.15) is 0 Å². The summed E-state index contributed by atoms with van der Waals surface area (Å²) in [5.74, 6) is -2.44. The molecular weight excluding hydrogens is 434 g/mol. The summed E-state index contributed by atoms with van der Waals surface area (Å²) in [6.45, 7) is 7.11. The molecule has 11 heteroatoms. The number of nitrogens with one attached hydrogen (secondary N) is 2. The molecule has 0 saturated carbocycles. The number of aromatic hydroxyl groups is 1. The number of phenolic OH excluding ortho intramolecular Hbond substituents is 1. The first-order valence-electron chi connectivity index (χ1n) is 10.1. The van der Waals surface area contributed by atoms with Crippen LogP contribution in [0.3, 0.4) is 0 Å². The Morgan fingerprint density at radius 3 is 2.42 bits per heavy atom. The maximum atomic E-state index is 13.3. The van der Waals surface area contributed by atoms with Gasteiger partial charge in [-0.25, -0.2) is 4.79 Å². The van der Waals surface area contributed by atoms with Gasteiger partial charge in [-0.1, -0.05) is 18.2 Å². The first-order chi connectivity index (χ1) is 15.4. The summed E-state index contributed by atoms with van der Waals surface area (Å²) >= 11 is 0. The number of methoxy groups -OCH3 is 1. The number of rotatable bonds is 10. The number of carbonyl (C=O) groups is 4. The smallest absolute Gasteiger partial charge is 0.408 e. The van der Waals surface area contributed by atoms with Crippen LogP contribution in [0.5, 0.6) is 5.75 Å². The summed E-state index contributed by atoms with van der Waals surface area (Å²) in [6.07, 6.45) is 0.418. The van der Waals surface area contributed by atoms with E-state index in [9.17, 15) is 29.4 Å². The molecule has 11 nitrogen and oxygen atoms in total. The standard InChI is InChI=1S/C22H31N3O8/c1-6-10-25(20(30)16(13-26)24-21(31)33-22(2,3)4)18(14-8-7-9-15(27)11-14)19(29)23-12-17(28)32-5/h6-9,11,16,18,26-27H,1,10,12-13H2,2-5H3,(H,23,29)(H,24,31). The van der Waals surface area contributed by atoms with E-state index in [1.807, 2.05) is 0 Å². The van der Waals surface area contributed by atoms with Crippen molar-refractivity contribution in [3.63, 3.8) is 0 Å². The van der Waals surface area contributed by atoms with Crippen molar-refractivity contribution >= 4 is 23.9 Å². The number of phenols is 1. The van der Waals surface area contributed by atoms with E-state index < -0.39 is 54.7 Å². The van der Waals surface area contributed by atoms with Crippen LogP contribution in [0.25, 0.3) is 0 Å². The highest BCUT2D eigenvalue weighted by molar-refractivity contribution is 5.93. The molecule has 1 aromatic carbocycles. The molecule has 1 aromatic rings. The third-order valence-corrected chi connectivity index (χ3v) is 4.16. The number of hydrogen-bond acceptors (Lipinski definition) is 8. The number of carbonyl (C=O) groups excluding carboxylic acids is 4. The SMILES string of the molecule is C=CCN(C(=O)C(CO)NC(=O)OC(C)(C)C)C(C(=O)NCC(=O)OC)c1cccc(O)c1. The van der Waals surface area contributed by atoms with Crippen LogP contribution in [0.1, 0.15) is 32.4 Å². The van der Waals surface area contributed by atoms with Crippen LogP contribution >= 0.6 is 0 Å². The first kappa shape index (κ1) is 27.4. The molecule has 1 rings (SSSR count). The summed E-state index contributed by atoms with van der Waals surface area (Å²) in [5.41, 5.74) is -0.618. The lowest BCUT2D eigenvalue weighted by Crippen LogP contribution is -2.54. The van der Waals surface area contributed by atoms with E-state index in [1.165, 1.54) is 30.3 Å². The summed E-state index contributed by atoms with van der Waals surface area (Å²) in [5, 5.41) is 24.3. The van der Waals surface area contributed by atoms with Crippen molar-refractivity contribution in [2.24, 2.45) is 0 Å². The summed E-state index contributed by atoms with van der Waals surface area (Å²) in [6, 6.07) is 2.87. The second-order valence-corrected chi connectivity index (χ2v) is 7.95. The van der Waals surface area contributed by atoms with Crippen LogP contribution in [0, 0.1) is 0 Å². The highest BCUT2D eigenvalue weighted by atomic mass is 16.6. The molecule has 0 aliphatic carbocycles.